The second kappa shape index (κ2) is 51.6. The average Bonchev–Trinajstić information content (AvgIpc) is 0.784. The van der Waals surface area contributed by atoms with E-state index in [1.165, 1.54) is 64.2 Å². The minimum Gasteiger partial charge on any atom is -0.443 e. The molecule has 2 saturated carbocycles. The van der Waals surface area contributed by atoms with Gasteiger partial charge in [-0.25, -0.2) is 0 Å². The highest BCUT2D eigenvalue weighted by Gasteiger charge is 2.49. The second-order valence-electron chi connectivity index (χ2n) is 25.4. The summed E-state index contributed by atoms with van der Waals surface area (Å²) in [7, 11) is -25.3. The molecule has 2 aromatic carbocycles. The van der Waals surface area contributed by atoms with Crippen molar-refractivity contribution in [1.82, 2.24) is 0 Å². The van der Waals surface area contributed by atoms with Crippen LogP contribution in [-0.2, 0) is 20.6 Å². The van der Waals surface area contributed by atoms with E-state index >= 15 is 0 Å². The molecule has 4 rings (SSSR count). The molecule has 5 nitrogen and oxygen atoms in total. The van der Waals surface area contributed by atoms with E-state index in [9.17, 15) is 0 Å². The third kappa shape index (κ3) is 31.3. The number of hydrogen-bond acceptors (Lipinski definition) is 5. The molecule has 0 N–H and O–H groups in total. The SMILES string of the molecule is C=C[Si](C)(C=C)O[Si](C)(C=C)C=C.C=C[Si](C)(Cl)C=C.C=C[Si](C=C)(C=C)O[Si](C=C)(C=C)C=C.C=C[Si](C=C)(CC)O[Si](C=C)(C=C)CC.C=C[Si](C=C)(O[Si](C=C)(C=C)C1CCCCC1)C1CCCCC1.C=C[Si](C=C)(O[Si](C=C)(C=C)c1ccccc1)c1ccccc1.C=C[Si](Cl)(C=C)C=C. The fourth-order valence-corrected chi connectivity index (χ4v) is 45.8. The molecule has 2 aliphatic carbocycles. The molecule has 2 fully saturated rings. The van der Waals surface area contributed by atoms with Crippen LogP contribution < -0.4 is 10.4 Å². The smallest absolute Gasteiger partial charge is 0.262 e. The van der Waals surface area contributed by atoms with Crippen LogP contribution >= 0.6 is 22.2 Å². The summed E-state index contributed by atoms with van der Waals surface area (Å²) in [4.78, 5) is 0. The molecule has 0 bridgehead atoms. The van der Waals surface area contributed by atoms with Gasteiger partial charge in [0.05, 0.1) is 0 Å². The zero-order valence-corrected chi connectivity index (χ0v) is 78.4. The predicted molar refractivity (Wildman–Crippen MR) is 506 cm³/mol. The minimum absolute atomic E-state index is 0.640. The Labute approximate surface area is 658 Å². The molecule has 104 heavy (non-hydrogen) atoms. The van der Waals surface area contributed by atoms with Crippen molar-refractivity contribution >= 4 is 130 Å². The largest absolute Gasteiger partial charge is 0.443 e. The molecule has 564 valence electrons. The maximum absolute atomic E-state index is 7.11. The van der Waals surface area contributed by atoms with E-state index < -0.39 is 97.9 Å². The molecule has 0 saturated heterocycles. The number of benzene rings is 2. The van der Waals surface area contributed by atoms with Gasteiger partial charge < -0.3 is 20.6 Å². The van der Waals surface area contributed by atoms with Gasteiger partial charge in [0.1, 0.15) is 0 Å². The highest BCUT2D eigenvalue weighted by atomic mass is 35.6. The van der Waals surface area contributed by atoms with Crippen LogP contribution in [0.2, 0.25) is 42.8 Å². The topological polar surface area (TPSA) is 46.2 Å². The molecule has 0 aromatic heterocycles. The molecule has 0 heterocycles. The molecule has 2 aliphatic rings. The fourth-order valence-electron chi connectivity index (χ4n) is 10.8. The summed E-state index contributed by atoms with van der Waals surface area (Å²) in [5, 5.41) is 2.25. The Kier molecular flexibility index (Phi) is 50.9. The first-order valence-electron chi connectivity index (χ1n) is 35.4. The van der Waals surface area contributed by atoms with E-state index in [0.29, 0.717) is 11.1 Å². The van der Waals surface area contributed by atoms with Gasteiger partial charge >= 0.3 is 0 Å². The summed E-state index contributed by atoms with van der Waals surface area (Å²) in [6, 6.07) is 22.3. The molecule has 0 radical (unpaired) electrons. The maximum atomic E-state index is 7.11. The average molecular weight is 1640 g/mol. The van der Waals surface area contributed by atoms with E-state index in [1.54, 1.807) is 62.7 Å². The van der Waals surface area contributed by atoms with Crippen LogP contribution in [0.5, 0.6) is 0 Å². The van der Waals surface area contributed by atoms with Gasteiger partial charge in [-0.3, -0.25) is 0 Å². The Balaban J connectivity index is -0.00000119. The lowest BCUT2D eigenvalue weighted by Gasteiger charge is -2.45. The molecular formula is C85H132Cl2O5Si12. The van der Waals surface area contributed by atoms with E-state index in [4.69, 9.17) is 42.7 Å². The zero-order chi connectivity index (χ0) is 80.5. The van der Waals surface area contributed by atoms with Crippen LogP contribution in [0.15, 0.2) is 392 Å². The van der Waals surface area contributed by atoms with E-state index in [2.05, 4.69) is 252 Å². The summed E-state index contributed by atoms with van der Waals surface area (Å²) in [5.74, 6) is 0. The Hall–Kier alpha value is -5.60. The van der Waals surface area contributed by atoms with Crippen molar-refractivity contribution in [3.8, 4) is 0 Å². The highest BCUT2D eigenvalue weighted by molar-refractivity contribution is 7.28. The number of halogens is 2. The zero-order valence-electron chi connectivity index (χ0n) is 64.9. The van der Waals surface area contributed by atoms with E-state index in [-0.39, 0.29) is 0 Å². The van der Waals surface area contributed by atoms with Crippen LogP contribution in [0.25, 0.3) is 0 Å². The fraction of sp³-hybridized carbons (Fsp3) is 0.224. The van der Waals surface area contributed by atoms with Crippen molar-refractivity contribution in [3.63, 3.8) is 0 Å². The lowest BCUT2D eigenvalue weighted by atomic mass is 10.0. The molecule has 0 amide bonds. The summed E-state index contributed by atoms with van der Waals surface area (Å²) < 4.78 is 32.4. The Morgan fingerprint density at radius 3 is 0.740 bits per heavy atom. The third-order valence-corrected chi connectivity index (χ3v) is 63.0. The molecule has 0 atom stereocenters. The van der Waals surface area contributed by atoms with Crippen molar-refractivity contribution in [1.29, 1.82) is 0 Å². The first-order valence-corrected chi connectivity index (χ1v) is 64.7. The summed E-state index contributed by atoms with van der Waals surface area (Å²) in [5.41, 5.74) is 52.3. The van der Waals surface area contributed by atoms with Crippen molar-refractivity contribution in [2.45, 2.75) is 121 Å². The van der Waals surface area contributed by atoms with Gasteiger partial charge in [-0.2, -0.15) is 22.2 Å². The lowest BCUT2D eigenvalue weighted by Crippen LogP contribution is -2.60. The molecule has 0 spiro atoms. The van der Waals surface area contributed by atoms with Gasteiger partial charge in [0.25, 0.3) is 33.3 Å². The molecule has 0 unspecified atom stereocenters. The normalized spacial score (nSPS) is 13.6. The minimum atomic E-state index is -2.53. The summed E-state index contributed by atoms with van der Waals surface area (Å²) in [6.07, 6.45) is 13.1. The number of rotatable bonds is 43. The summed E-state index contributed by atoms with van der Waals surface area (Å²) in [6.45, 7) is 114. The van der Waals surface area contributed by atoms with Crippen LogP contribution in [-0.4, -0.2) is 97.9 Å². The van der Waals surface area contributed by atoms with Crippen LogP contribution in [0.4, 0.5) is 0 Å². The molecule has 2 aromatic rings. The first kappa shape index (κ1) is 103. The molecule has 0 aliphatic heterocycles. The van der Waals surface area contributed by atoms with Crippen molar-refractivity contribution in [2.24, 2.45) is 0 Å². The molecule has 19 heteroatoms. The van der Waals surface area contributed by atoms with E-state index in [1.807, 2.05) is 111 Å². The van der Waals surface area contributed by atoms with Gasteiger partial charge in [-0.1, -0.05) is 293 Å². The summed E-state index contributed by atoms with van der Waals surface area (Å²) >= 11 is 11.7. The maximum Gasteiger partial charge on any atom is 0.262 e. The lowest BCUT2D eigenvalue weighted by molar-refractivity contribution is 0.419. The monoisotopic (exact) mass is 1640 g/mol. The number of hydrogen-bond donors (Lipinski definition) is 0. The van der Waals surface area contributed by atoms with Gasteiger partial charge in [0.15, 0.2) is 7.38 Å². The highest BCUT2D eigenvalue weighted by Crippen LogP contribution is 2.45. The Bertz CT molecular complexity index is 2930. The predicted octanol–water partition coefficient (Wildman–Crippen LogP) is 24.8. The molecular weight excluding hydrogens is 1510 g/mol. The van der Waals surface area contributed by atoms with Crippen molar-refractivity contribution in [3.05, 3.63) is 392 Å². The van der Waals surface area contributed by atoms with Crippen molar-refractivity contribution in [2.75, 3.05) is 0 Å². The van der Waals surface area contributed by atoms with Gasteiger partial charge in [0, 0.05) is 0 Å². The van der Waals surface area contributed by atoms with Gasteiger partial charge in [-0.15, -0.1) is 178 Å². The van der Waals surface area contributed by atoms with Crippen LogP contribution in [0, 0.1) is 0 Å². The van der Waals surface area contributed by atoms with Crippen LogP contribution in [0.3, 0.4) is 0 Å². The van der Waals surface area contributed by atoms with E-state index in [0.717, 1.165) is 22.5 Å². The van der Waals surface area contributed by atoms with Gasteiger partial charge in [-0.05, 0) is 53.2 Å². The standard InChI is InChI=1S/C20H34OSi2.C20H22OSi2.C12H22OSi2.C12H18OSi2.C10H18OSi2.C6H9ClSi.C5H9ClSi/c2*1-5-22(6-2,19-15-11-9-12-16-19)21-23(7-3,8-4)20-17-13-10-14-18-20;2*1-7-14(8-2,9-3)13-15(10-4,11-5)12-6;1-7-12(5,8-2)11-13(6,9-3)10-4;1-4-8(7,5-2)6-3;1-4-7(3,6)5-2/h5-8,19-20H,1-4,9-18H2;5-18H,1-4H2;7-8,10-11H,1-2,4-5,9,12H2,3,6H3;7-12H,1-6H2;7-10H,1-4H2,5-6H3;4-6H,1-3H2;4-5H,1-2H2,3H3. The first-order chi connectivity index (χ1) is 49.2. The van der Waals surface area contributed by atoms with Gasteiger partial charge in [0.2, 0.25) is 57.3 Å². The van der Waals surface area contributed by atoms with Crippen LogP contribution in [0.1, 0.15) is 78.1 Å². The third-order valence-electron chi connectivity index (χ3n) is 19.0. The second-order valence-corrected chi connectivity index (χ2v) is 71.6. The quantitative estimate of drug-likeness (QED) is 0.0489. The van der Waals surface area contributed by atoms with Crippen molar-refractivity contribution < 1.29 is 20.6 Å². The Morgan fingerprint density at radius 1 is 0.298 bits per heavy atom. The Morgan fingerprint density at radius 2 is 0.567 bits per heavy atom.